The van der Waals surface area contributed by atoms with Gasteiger partial charge in [-0.3, -0.25) is 4.90 Å². The molecule has 2 rings (SSSR count). The van der Waals surface area contributed by atoms with Crippen molar-refractivity contribution in [3.63, 3.8) is 0 Å². The maximum atomic E-state index is 12.9. The highest BCUT2D eigenvalue weighted by Crippen LogP contribution is 2.32. The normalized spacial score (nSPS) is 11.5. The van der Waals surface area contributed by atoms with Crippen molar-refractivity contribution in [1.29, 1.82) is 0 Å². The van der Waals surface area contributed by atoms with Gasteiger partial charge in [0.1, 0.15) is 11.6 Å². The van der Waals surface area contributed by atoms with Gasteiger partial charge in [0.2, 0.25) is 0 Å². The predicted octanol–water partition coefficient (Wildman–Crippen LogP) is 3.14. The van der Waals surface area contributed by atoms with Gasteiger partial charge in [-0.25, -0.2) is 13.9 Å². The minimum atomic E-state index is -4.72. The Hall–Kier alpha value is -2.58. The van der Waals surface area contributed by atoms with E-state index in [1.54, 1.807) is 0 Å². The molecule has 0 atom stereocenters. The molecule has 2 aromatic rings. The lowest BCUT2D eigenvalue weighted by Gasteiger charge is -2.14. The molecule has 1 heterocycles. The molecule has 5 nitrogen and oxygen atoms in total. The van der Waals surface area contributed by atoms with Crippen LogP contribution in [0.25, 0.3) is 5.69 Å². The smallest absolute Gasteiger partial charge is 0.435 e. The largest absolute Gasteiger partial charge is 0.465 e. The zero-order valence-electron chi connectivity index (χ0n) is 10.6. The van der Waals surface area contributed by atoms with Gasteiger partial charge in [-0.15, -0.1) is 0 Å². The van der Waals surface area contributed by atoms with E-state index in [0.717, 1.165) is 23.9 Å². The van der Waals surface area contributed by atoms with E-state index in [4.69, 9.17) is 5.11 Å². The Labute approximate surface area is 116 Å². The van der Waals surface area contributed by atoms with Crippen molar-refractivity contribution in [1.82, 2.24) is 9.78 Å². The number of halogens is 4. The zero-order chi connectivity index (χ0) is 15.8. The lowest BCUT2D eigenvalue weighted by Crippen LogP contribution is -2.26. The van der Waals surface area contributed by atoms with Gasteiger partial charge in [0.25, 0.3) is 0 Å². The molecule has 1 N–H and O–H groups in total. The van der Waals surface area contributed by atoms with Gasteiger partial charge in [0, 0.05) is 13.1 Å². The highest BCUT2D eigenvalue weighted by molar-refractivity contribution is 5.84. The number of amides is 1. The van der Waals surface area contributed by atoms with Crippen LogP contribution in [0.1, 0.15) is 5.69 Å². The Morgan fingerprint density at radius 1 is 1.29 bits per heavy atom. The molecule has 0 saturated heterocycles. The molecule has 0 fully saturated rings. The van der Waals surface area contributed by atoms with Crippen LogP contribution in [0, 0.1) is 5.82 Å². The van der Waals surface area contributed by atoms with Crippen LogP contribution in [-0.2, 0) is 6.18 Å². The first-order chi connectivity index (χ1) is 9.70. The number of anilines is 1. The first kappa shape index (κ1) is 14.8. The number of hydrogen-bond donors (Lipinski definition) is 1. The molecular weight excluding hydrogens is 294 g/mol. The number of hydrogen-bond acceptors (Lipinski definition) is 2. The molecule has 1 aromatic heterocycles. The summed E-state index contributed by atoms with van der Waals surface area (Å²) in [6, 6.07) is 5.07. The molecule has 1 aromatic carbocycles. The molecule has 0 unspecified atom stereocenters. The van der Waals surface area contributed by atoms with E-state index >= 15 is 0 Å². The Morgan fingerprint density at radius 3 is 2.33 bits per heavy atom. The van der Waals surface area contributed by atoms with E-state index < -0.39 is 23.8 Å². The van der Waals surface area contributed by atoms with Crippen LogP contribution in [-0.4, -0.2) is 28.0 Å². The van der Waals surface area contributed by atoms with E-state index in [-0.39, 0.29) is 11.5 Å². The summed E-state index contributed by atoms with van der Waals surface area (Å²) in [7, 11) is 1.08. The van der Waals surface area contributed by atoms with Gasteiger partial charge in [-0.1, -0.05) is 0 Å². The van der Waals surface area contributed by atoms with Crippen molar-refractivity contribution in [3.8, 4) is 5.69 Å². The van der Waals surface area contributed by atoms with E-state index in [9.17, 15) is 22.4 Å². The molecule has 0 spiro atoms. The highest BCUT2D eigenvalue weighted by atomic mass is 19.4. The standard InChI is InChI=1S/C12H9F4N3O2/c1-18(11(20)21)10-6-9(12(14,15)16)17-19(10)8-4-2-7(13)3-5-8/h2-6H,1H3,(H,20,21). The minimum absolute atomic E-state index is 0.106. The maximum Gasteiger partial charge on any atom is 0.435 e. The van der Waals surface area contributed by atoms with Crippen LogP contribution in [0.15, 0.2) is 30.3 Å². The average molecular weight is 303 g/mol. The van der Waals surface area contributed by atoms with Gasteiger partial charge in [-0.05, 0) is 24.3 Å². The summed E-state index contributed by atoms with van der Waals surface area (Å²) in [6.45, 7) is 0. The fourth-order valence-electron chi connectivity index (χ4n) is 1.62. The number of nitrogens with zero attached hydrogens (tertiary/aromatic N) is 3. The summed E-state index contributed by atoms with van der Waals surface area (Å²) >= 11 is 0. The van der Waals surface area contributed by atoms with Crippen molar-refractivity contribution in [2.24, 2.45) is 0 Å². The monoisotopic (exact) mass is 303 g/mol. The third-order valence-corrected chi connectivity index (χ3v) is 2.68. The van der Waals surface area contributed by atoms with E-state index in [2.05, 4.69) is 5.10 Å². The van der Waals surface area contributed by atoms with Crippen molar-refractivity contribution in [2.45, 2.75) is 6.18 Å². The molecule has 1 amide bonds. The molecule has 0 saturated carbocycles. The number of benzene rings is 1. The van der Waals surface area contributed by atoms with E-state index in [1.807, 2.05) is 0 Å². The lowest BCUT2D eigenvalue weighted by atomic mass is 10.3. The summed E-state index contributed by atoms with van der Waals surface area (Å²) in [5.41, 5.74) is -1.13. The first-order valence-electron chi connectivity index (χ1n) is 5.60. The van der Waals surface area contributed by atoms with Gasteiger partial charge < -0.3 is 5.11 Å². The summed E-state index contributed by atoms with van der Waals surface area (Å²) in [5.74, 6) is -0.878. The Balaban J connectivity index is 2.59. The topological polar surface area (TPSA) is 58.4 Å². The fraction of sp³-hybridized carbons (Fsp3) is 0.167. The fourth-order valence-corrected chi connectivity index (χ4v) is 1.62. The third-order valence-electron chi connectivity index (χ3n) is 2.68. The molecule has 21 heavy (non-hydrogen) atoms. The van der Waals surface area contributed by atoms with Crippen LogP contribution in [0.4, 0.5) is 28.2 Å². The second-order valence-corrected chi connectivity index (χ2v) is 4.12. The van der Waals surface area contributed by atoms with Crippen molar-refractivity contribution >= 4 is 11.9 Å². The van der Waals surface area contributed by atoms with Crippen molar-refractivity contribution in [3.05, 3.63) is 41.8 Å². The Kier molecular flexibility index (Phi) is 3.58. The maximum absolute atomic E-state index is 12.9. The van der Waals surface area contributed by atoms with Crippen molar-refractivity contribution in [2.75, 3.05) is 11.9 Å². The summed E-state index contributed by atoms with van der Waals surface area (Å²) < 4.78 is 51.8. The minimum Gasteiger partial charge on any atom is -0.465 e. The van der Waals surface area contributed by atoms with E-state index in [0.29, 0.717) is 11.0 Å². The number of rotatable bonds is 2. The number of carbonyl (C=O) groups is 1. The Bertz CT molecular complexity index is 664. The molecule has 0 aliphatic rings. The average Bonchev–Trinajstić information content (AvgIpc) is 2.83. The molecule has 112 valence electrons. The molecule has 0 radical (unpaired) electrons. The second-order valence-electron chi connectivity index (χ2n) is 4.12. The predicted molar refractivity (Wildman–Crippen MR) is 65.0 cm³/mol. The summed E-state index contributed by atoms with van der Waals surface area (Å²) in [6.07, 6.45) is -6.17. The van der Waals surface area contributed by atoms with Crippen LogP contribution < -0.4 is 4.90 Å². The van der Waals surface area contributed by atoms with Crippen LogP contribution in [0.5, 0.6) is 0 Å². The number of aromatic nitrogens is 2. The SMILES string of the molecule is CN(C(=O)O)c1cc(C(F)(F)F)nn1-c1ccc(F)cc1. The number of carboxylic acid groups (broad SMARTS) is 1. The lowest BCUT2D eigenvalue weighted by molar-refractivity contribution is -0.141. The zero-order valence-corrected chi connectivity index (χ0v) is 10.6. The first-order valence-corrected chi connectivity index (χ1v) is 5.60. The third kappa shape index (κ3) is 2.96. The summed E-state index contributed by atoms with van der Waals surface area (Å²) in [4.78, 5) is 11.5. The molecule has 0 aliphatic heterocycles. The quantitative estimate of drug-likeness (QED) is 0.867. The van der Waals surface area contributed by atoms with E-state index in [1.165, 1.54) is 12.1 Å². The van der Waals surface area contributed by atoms with Gasteiger partial charge in [0.05, 0.1) is 5.69 Å². The van der Waals surface area contributed by atoms with Crippen LogP contribution >= 0.6 is 0 Å². The van der Waals surface area contributed by atoms with Gasteiger partial charge in [0.15, 0.2) is 5.69 Å². The second kappa shape index (κ2) is 5.08. The molecule has 0 aliphatic carbocycles. The molecule has 0 bridgehead atoms. The molecular formula is C12H9F4N3O2. The van der Waals surface area contributed by atoms with Gasteiger partial charge >= 0.3 is 12.3 Å². The van der Waals surface area contributed by atoms with Crippen LogP contribution in [0.2, 0.25) is 0 Å². The van der Waals surface area contributed by atoms with Crippen molar-refractivity contribution < 1.29 is 27.5 Å². The highest BCUT2D eigenvalue weighted by Gasteiger charge is 2.36. The van der Waals surface area contributed by atoms with Crippen LogP contribution in [0.3, 0.4) is 0 Å². The molecule has 9 heteroatoms. The van der Waals surface area contributed by atoms with Gasteiger partial charge in [-0.2, -0.15) is 18.3 Å². The summed E-state index contributed by atoms with van der Waals surface area (Å²) in [5, 5.41) is 12.3. The Morgan fingerprint density at radius 2 is 1.86 bits per heavy atom. The number of alkyl halides is 3.